The smallest absolute Gasteiger partial charge is 0.416 e. The maximum Gasteiger partial charge on any atom is 0.416 e. The Labute approximate surface area is 165 Å². The summed E-state index contributed by atoms with van der Waals surface area (Å²) in [7, 11) is 1.32. The highest BCUT2D eigenvalue weighted by atomic mass is 19.4. The molecule has 1 amide bonds. The zero-order valence-electron chi connectivity index (χ0n) is 15.6. The summed E-state index contributed by atoms with van der Waals surface area (Å²) in [5, 5.41) is 0. The number of rotatable bonds is 2. The second-order valence-corrected chi connectivity index (χ2v) is 7.16. The molecule has 2 atom stereocenters. The first-order chi connectivity index (χ1) is 13.8. The largest absolute Gasteiger partial charge is 0.469 e. The number of carbonyl (C=O) groups is 2. The number of methoxy groups -OCH3 is 1. The van der Waals surface area contributed by atoms with Gasteiger partial charge in [-0.05, 0) is 49.2 Å². The van der Waals surface area contributed by atoms with Crippen molar-refractivity contribution in [1.82, 2.24) is 0 Å². The van der Waals surface area contributed by atoms with Crippen LogP contribution in [0, 0.1) is 5.92 Å². The van der Waals surface area contributed by atoms with Crippen LogP contribution in [0.25, 0.3) is 0 Å². The number of benzene rings is 2. The van der Waals surface area contributed by atoms with Crippen molar-refractivity contribution < 1.29 is 27.5 Å². The van der Waals surface area contributed by atoms with E-state index in [4.69, 9.17) is 4.74 Å². The van der Waals surface area contributed by atoms with Crippen LogP contribution in [0.1, 0.15) is 18.4 Å². The number of hydrogen-bond acceptors (Lipinski definition) is 4. The monoisotopic (exact) mass is 404 g/mol. The fraction of sp³-hybridized carbons (Fsp3) is 0.333. The van der Waals surface area contributed by atoms with Crippen LogP contribution in [0.15, 0.2) is 48.5 Å². The average molecular weight is 404 g/mol. The first-order valence-corrected chi connectivity index (χ1v) is 9.26. The number of amides is 1. The molecule has 2 aromatic carbocycles. The molecule has 0 aliphatic carbocycles. The van der Waals surface area contributed by atoms with Crippen molar-refractivity contribution in [3.05, 3.63) is 54.1 Å². The highest BCUT2D eigenvalue weighted by molar-refractivity contribution is 6.10. The van der Waals surface area contributed by atoms with Crippen LogP contribution in [-0.4, -0.2) is 31.6 Å². The third-order valence-electron chi connectivity index (χ3n) is 5.53. The lowest BCUT2D eigenvalue weighted by molar-refractivity contribution is -0.146. The Hall–Kier alpha value is -3.03. The van der Waals surface area contributed by atoms with E-state index >= 15 is 0 Å². The molecule has 2 aromatic rings. The third kappa shape index (κ3) is 3.32. The molecule has 2 aliphatic heterocycles. The van der Waals surface area contributed by atoms with Crippen molar-refractivity contribution in [2.24, 2.45) is 5.92 Å². The van der Waals surface area contributed by atoms with Crippen molar-refractivity contribution >= 4 is 28.9 Å². The summed E-state index contributed by atoms with van der Waals surface area (Å²) in [6, 6.07) is 11.2. The number of para-hydroxylation sites is 2. The van der Waals surface area contributed by atoms with Gasteiger partial charge in [0.15, 0.2) is 0 Å². The Kier molecular flexibility index (Phi) is 4.72. The first-order valence-electron chi connectivity index (χ1n) is 9.26. The summed E-state index contributed by atoms with van der Waals surface area (Å²) in [5.74, 6) is -1.00. The van der Waals surface area contributed by atoms with Crippen LogP contribution in [-0.2, 0) is 20.5 Å². The number of esters is 1. The predicted octanol–water partition coefficient (Wildman–Crippen LogP) is 4.14. The molecule has 0 radical (unpaired) electrons. The highest BCUT2D eigenvalue weighted by Crippen LogP contribution is 2.44. The summed E-state index contributed by atoms with van der Waals surface area (Å²) < 4.78 is 43.6. The van der Waals surface area contributed by atoms with E-state index in [0.717, 1.165) is 17.8 Å². The van der Waals surface area contributed by atoms with Gasteiger partial charge < -0.3 is 9.64 Å². The number of piperidine rings is 1. The minimum atomic E-state index is -4.45. The molecule has 5 nitrogen and oxygen atoms in total. The zero-order chi connectivity index (χ0) is 20.8. The first kappa shape index (κ1) is 19.3. The molecular formula is C21H19F3N2O3. The fourth-order valence-electron chi connectivity index (χ4n) is 4.10. The van der Waals surface area contributed by atoms with Gasteiger partial charge in [-0.15, -0.1) is 0 Å². The van der Waals surface area contributed by atoms with Gasteiger partial charge in [0.25, 0.3) is 5.91 Å². The van der Waals surface area contributed by atoms with Crippen LogP contribution in [0.4, 0.5) is 30.2 Å². The summed E-state index contributed by atoms with van der Waals surface area (Å²) in [6.07, 6.45) is -3.57. The van der Waals surface area contributed by atoms with Gasteiger partial charge in [-0.2, -0.15) is 13.2 Å². The summed E-state index contributed by atoms with van der Waals surface area (Å²) in [4.78, 5) is 28.8. The zero-order valence-corrected chi connectivity index (χ0v) is 15.6. The highest BCUT2D eigenvalue weighted by Gasteiger charge is 2.44. The Bertz CT molecular complexity index is 943. The number of nitrogens with zero attached hydrogens (tertiary/aromatic N) is 2. The topological polar surface area (TPSA) is 49.9 Å². The van der Waals surface area contributed by atoms with Crippen LogP contribution in [0.2, 0.25) is 0 Å². The van der Waals surface area contributed by atoms with Gasteiger partial charge in [0.2, 0.25) is 0 Å². The van der Waals surface area contributed by atoms with Crippen LogP contribution in [0.5, 0.6) is 0 Å². The second kappa shape index (κ2) is 7.09. The Morgan fingerprint density at radius 3 is 2.34 bits per heavy atom. The minimum Gasteiger partial charge on any atom is -0.469 e. The number of anilines is 3. The number of hydrogen-bond donors (Lipinski definition) is 0. The van der Waals surface area contributed by atoms with Gasteiger partial charge in [-0.3, -0.25) is 14.5 Å². The van der Waals surface area contributed by atoms with E-state index in [0.29, 0.717) is 30.8 Å². The molecule has 0 spiro atoms. The Balaban J connectivity index is 1.74. The number of carbonyl (C=O) groups excluding carboxylic acids is 2. The van der Waals surface area contributed by atoms with Crippen molar-refractivity contribution in [2.75, 3.05) is 23.5 Å². The minimum absolute atomic E-state index is 0.267. The fourth-order valence-corrected chi connectivity index (χ4v) is 4.10. The molecule has 2 heterocycles. The Morgan fingerprint density at radius 1 is 1.07 bits per heavy atom. The normalized spacial score (nSPS) is 21.4. The molecule has 1 fully saturated rings. The Morgan fingerprint density at radius 2 is 1.72 bits per heavy atom. The predicted molar refractivity (Wildman–Crippen MR) is 101 cm³/mol. The lowest BCUT2D eigenvalue weighted by Crippen LogP contribution is -2.56. The molecule has 0 bridgehead atoms. The lowest BCUT2D eigenvalue weighted by Gasteiger charge is -2.46. The molecule has 152 valence electrons. The van der Waals surface area contributed by atoms with Crippen LogP contribution in [0.3, 0.4) is 0 Å². The van der Waals surface area contributed by atoms with Crippen molar-refractivity contribution in [1.29, 1.82) is 0 Å². The number of fused-ring (bicyclic) bond motifs is 3. The lowest BCUT2D eigenvalue weighted by atomic mass is 9.87. The molecule has 4 rings (SSSR count). The van der Waals surface area contributed by atoms with Crippen molar-refractivity contribution in [3.63, 3.8) is 0 Å². The molecule has 1 saturated heterocycles. The van der Waals surface area contributed by atoms with Gasteiger partial charge in [-0.25, -0.2) is 0 Å². The summed E-state index contributed by atoms with van der Waals surface area (Å²) in [6.45, 7) is 0.522. The second-order valence-electron chi connectivity index (χ2n) is 7.16. The molecule has 0 N–H and O–H groups in total. The SMILES string of the molecule is COC(=O)[C@@H]1CCN2c3ccccc3N(c3ccc(C(F)(F)F)cc3)C(=O)[C@@H]2C1. The molecule has 0 saturated carbocycles. The van der Waals surface area contributed by atoms with Gasteiger partial charge in [0.1, 0.15) is 6.04 Å². The molecule has 29 heavy (non-hydrogen) atoms. The molecule has 8 heteroatoms. The number of ether oxygens (including phenoxy) is 1. The van der Waals surface area contributed by atoms with E-state index in [1.165, 1.54) is 24.1 Å². The van der Waals surface area contributed by atoms with Gasteiger partial charge in [0, 0.05) is 12.2 Å². The summed E-state index contributed by atoms with van der Waals surface area (Å²) in [5.41, 5.74) is 1.02. The molecule has 2 aliphatic rings. The van der Waals surface area contributed by atoms with Gasteiger partial charge in [0.05, 0.1) is 30.0 Å². The van der Waals surface area contributed by atoms with E-state index in [1.807, 2.05) is 17.0 Å². The molecule has 0 aromatic heterocycles. The molecular weight excluding hydrogens is 385 g/mol. The van der Waals surface area contributed by atoms with Gasteiger partial charge >= 0.3 is 12.1 Å². The maximum atomic E-state index is 13.4. The number of alkyl halides is 3. The quantitative estimate of drug-likeness (QED) is 0.706. The van der Waals surface area contributed by atoms with E-state index < -0.39 is 17.8 Å². The average Bonchev–Trinajstić information content (AvgIpc) is 2.73. The van der Waals surface area contributed by atoms with Crippen molar-refractivity contribution in [2.45, 2.75) is 25.1 Å². The van der Waals surface area contributed by atoms with Gasteiger partial charge in [-0.1, -0.05) is 12.1 Å². The summed E-state index contributed by atoms with van der Waals surface area (Å²) >= 11 is 0. The standard InChI is InChI=1S/C21H19F3N2O3/c1-29-20(28)13-10-11-25-16-4-2-3-5-17(16)26(19(27)18(25)12-13)15-8-6-14(7-9-15)21(22,23)24/h2-9,13,18H,10-12H2,1H3/t13-,18+/m1/s1. The number of halogens is 3. The van der Waals surface area contributed by atoms with Crippen LogP contribution < -0.4 is 9.80 Å². The third-order valence-corrected chi connectivity index (χ3v) is 5.53. The van der Waals surface area contributed by atoms with Crippen LogP contribution >= 0.6 is 0 Å². The van der Waals surface area contributed by atoms with E-state index in [1.54, 1.807) is 12.1 Å². The maximum absolute atomic E-state index is 13.4. The van der Waals surface area contributed by atoms with E-state index in [2.05, 4.69) is 0 Å². The van der Waals surface area contributed by atoms with Crippen molar-refractivity contribution in [3.8, 4) is 0 Å². The van der Waals surface area contributed by atoms with E-state index in [-0.39, 0.29) is 17.8 Å². The molecule has 0 unspecified atom stereocenters. The van der Waals surface area contributed by atoms with E-state index in [9.17, 15) is 22.8 Å².